The Hall–Kier alpha value is -2.65. The lowest BCUT2D eigenvalue weighted by atomic mass is 10.1. The highest BCUT2D eigenvalue weighted by molar-refractivity contribution is 5.76. The summed E-state index contributed by atoms with van der Waals surface area (Å²) < 4.78 is 10.5. The lowest BCUT2D eigenvalue weighted by molar-refractivity contribution is 0.184. The first kappa shape index (κ1) is 14.8. The highest BCUT2D eigenvalue weighted by Crippen LogP contribution is 2.19. The lowest BCUT2D eigenvalue weighted by Crippen LogP contribution is -2.03. The minimum Gasteiger partial charge on any atom is -0.460 e. The van der Waals surface area contributed by atoms with E-state index in [1.165, 1.54) is 6.21 Å². The van der Waals surface area contributed by atoms with Crippen molar-refractivity contribution in [2.45, 2.75) is 20.5 Å². The van der Waals surface area contributed by atoms with E-state index >= 15 is 0 Å². The summed E-state index contributed by atoms with van der Waals surface area (Å²) in [6.07, 6.45) is 1.54. The molecule has 2 aromatic heterocycles. The smallest absolute Gasteiger partial charge is 0.164 e. The van der Waals surface area contributed by atoms with Gasteiger partial charge in [0.25, 0.3) is 0 Å². The number of pyridine rings is 1. The van der Waals surface area contributed by atoms with Crippen LogP contribution in [0.2, 0.25) is 0 Å². The Bertz CT molecular complexity index is 698. The molecule has 0 fully saturated rings. The van der Waals surface area contributed by atoms with Crippen LogP contribution in [0.15, 0.2) is 27.7 Å². The van der Waals surface area contributed by atoms with Crippen LogP contribution >= 0.6 is 0 Å². The third-order valence-corrected chi connectivity index (χ3v) is 2.76. The summed E-state index contributed by atoms with van der Waals surface area (Å²) in [4.78, 5) is 4.29. The second-order valence-electron chi connectivity index (χ2n) is 4.51. The highest BCUT2D eigenvalue weighted by atomic mass is 16.5. The first-order chi connectivity index (χ1) is 10.1. The molecular weight excluding hydrogens is 268 g/mol. The molecule has 6 nitrogen and oxygen atoms in total. The zero-order valence-electron chi connectivity index (χ0n) is 12.2. The van der Waals surface area contributed by atoms with Crippen LogP contribution in [0.25, 0.3) is 0 Å². The molecule has 0 bridgehead atoms. The minimum absolute atomic E-state index is 0.349. The van der Waals surface area contributed by atoms with Gasteiger partial charge in [-0.05, 0) is 32.0 Å². The average Bonchev–Trinajstić information content (AvgIpc) is 2.85. The molecular formula is C15H16N4O2. The van der Waals surface area contributed by atoms with Gasteiger partial charge in [-0.25, -0.2) is 4.98 Å². The van der Waals surface area contributed by atoms with Gasteiger partial charge < -0.3 is 9.15 Å². The number of aryl methyl sites for hydroxylation is 2. The zero-order valence-corrected chi connectivity index (χ0v) is 12.2. The minimum atomic E-state index is 0.349. The van der Waals surface area contributed by atoms with E-state index in [0.717, 1.165) is 17.0 Å². The van der Waals surface area contributed by atoms with Crippen LogP contribution in [-0.2, 0) is 11.3 Å². The summed E-state index contributed by atoms with van der Waals surface area (Å²) in [6.45, 7) is 4.06. The number of nitrogens with one attached hydrogen (secondary N) is 1. The van der Waals surface area contributed by atoms with Crippen molar-refractivity contribution in [3.63, 3.8) is 0 Å². The summed E-state index contributed by atoms with van der Waals surface area (Å²) in [5, 5.41) is 13.3. The number of nitrogens with zero attached hydrogens (tertiary/aromatic N) is 3. The summed E-state index contributed by atoms with van der Waals surface area (Å²) in [6, 6.07) is 7.62. The van der Waals surface area contributed by atoms with E-state index in [0.29, 0.717) is 23.7 Å². The molecule has 0 aliphatic rings. The van der Waals surface area contributed by atoms with Gasteiger partial charge in [0, 0.05) is 18.4 Å². The van der Waals surface area contributed by atoms with Gasteiger partial charge in [-0.2, -0.15) is 10.4 Å². The predicted molar refractivity (Wildman–Crippen MR) is 79.1 cm³/mol. The SMILES string of the molecule is COCc1cc(C)nc(N/N=C\c2ccc(C)o2)c1C#N. The third-order valence-electron chi connectivity index (χ3n) is 2.76. The number of hydrogen-bond donors (Lipinski definition) is 1. The Kier molecular flexibility index (Phi) is 4.69. The van der Waals surface area contributed by atoms with Crippen molar-refractivity contribution in [3.05, 3.63) is 46.5 Å². The van der Waals surface area contributed by atoms with E-state index in [4.69, 9.17) is 9.15 Å². The van der Waals surface area contributed by atoms with E-state index in [1.54, 1.807) is 7.11 Å². The van der Waals surface area contributed by atoms with Crippen LogP contribution in [0.1, 0.15) is 28.3 Å². The largest absolute Gasteiger partial charge is 0.460 e. The monoisotopic (exact) mass is 284 g/mol. The second kappa shape index (κ2) is 6.68. The van der Waals surface area contributed by atoms with E-state index in [2.05, 4.69) is 21.6 Å². The van der Waals surface area contributed by atoms with Crippen molar-refractivity contribution in [2.24, 2.45) is 5.10 Å². The quantitative estimate of drug-likeness (QED) is 0.674. The van der Waals surface area contributed by atoms with Crippen LogP contribution in [0, 0.1) is 25.2 Å². The molecule has 6 heteroatoms. The molecule has 21 heavy (non-hydrogen) atoms. The summed E-state index contributed by atoms with van der Waals surface area (Å²) in [5.74, 6) is 1.84. The van der Waals surface area contributed by atoms with Crippen molar-refractivity contribution < 1.29 is 9.15 Å². The van der Waals surface area contributed by atoms with Crippen LogP contribution < -0.4 is 5.43 Å². The van der Waals surface area contributed by atoms with Gasteiger partial charge >= 0.3 is 0 Å². The van der Waals surface area contributed by atoms with Gasteiger partial charge in [0.05, 0.1) is 12.8 Å². The van der Waals surface area contributed by atoms with Gasteiger partial charge in [0.15, 0.2) is 5.82 Å². The molecule has 108 valence electrons. The first-order valence-electron chi connectivity index (χ1n) is 6.39. The van der Waals surface area contributed by atoms with E-state index in [-0.39, 0.29) is 0 Å². The Morgan fingerprint density at radius 3 is 2.90 bits per heavy atom. The average molecular weight is 284 g/mol. The Balaban J connectivity index is 2.23. The fourth-order valence-corrected chi connectivity index (χ4v) is 1.90. The van der Waals surface area contributed by atoms with Crippen molar-refractivity contribution >= 4 is 12.0 Å². The third kappa shape index (κ3) is 3.68. The van der Waals surface area contributed by atoms with Crippen molar-refractivity contribution in [1.82, 2.24) is 4.98 Å². The molecule has 0 radical (unpaired) electrons. The zero-order chi connectivity index (χ0) is 15.2. The summed E-state index contributed by atoms with van der Waals surface area (Å²) >= 11 is 0. The molecule has 0 atom stereocenters. The number of anilines is 1. The molecule has 1 N–H and O–H groups in total. The fraction of sp³-hybridized carbons (Fsp3) is 0.267. The first-order valence-corrected chi connectivity index (χ1v) is 6.39. The van der Waals surface area contributed by atoms with E-state index in [1.807, 2.05) is 32.0 Å². The van der Waals surface area contributed by atoms with E-state index in [9.17, 15) is 5.26 Å². The van der Waals surface area contributed by atoms with Crippen LogP contribution in [-0.4, -0.2) is 18.3 Å². The molecule has 0 amide bonds. The topological polar surface area (TPSA) is 83.4 Å². The normalized spacial score (nSPS) is 10.8. The second-order valence-corrected chi connectivity index (χ2v) is 4.51. The molecule has 0 unspecified atom stereocenters. The molecule has 0 aliphatic carbocycles. The predicted octanol–water partition coefficient (Wildman–Crippen LogP) is 2.76. The summed E-state index contributed by atoms with van der Waals surface area (Å²) in [5.41, 5.74) is 4.77. The highest BCUT2D eigenvalue weighted by Gasteiger charge is 2.10. The number of methoxy groups -OCH3 is 1. The number of nitriles is 1. The maximum atomic E-state index is 9.28. The van der Waals surface area contributed by atoms with Crippen molar-refractivity contribution in [2.75, 3.05) is 12.5 Å². The van der Waals surface area contributed by atoms with Gasteiger partial charge in [-0.3, -0.25) is 5.43 Å². The maximum absolute atomic E-state index is 9.28. The van der Waals surface area contributed by atoms with Gasteiger partial charge in [0.2, 0.25) is 0 Å². The molecule has 0 saturated carbocycles. The van der Waals surface area contributed by atoms with Crippen LogP contribution in [0.4, 0.5) is 5.82 Å². The summed E-state index contributed by atoms with van der Waals surface area (Å²) in [7, 11) is 1.58. The number of rotatable bonds is 5. The lowest BCUT2D eigenvalue weighted by Gasteiger charge is -2.08. The molecule has 0 spiro atoms. The maximum Gasteiger partial charge on any atom is 0.164 e. The van der Waals surface area contributed by atoms with Gasteiger partial charge in [-0.15, -0.1) is 0 Å². The molecule has 0 aromatic carbocycles. The molecule has 0 saturated heterocycles. The Morgan fingerprint density at radius 2 is 2.29 bits per heavy atom. The molecule has 2 aromatic rings. The molecule has 0 aliphatic heterocycles. The van der Waals surface area contributed by atoms with Crippen molar-refractivity contribution in [3.8, 4) is 6.07 Å². The number of ether oxygens (including phenoxy) is 1. The van der Waals surface area contributed by atoms with Crippen LogP contribution in [0.3, 0.4) is 0 Å². The Labute approximate surface area is 123 Å². The van der Waals surface area contributed by atoms with Crippen molar-refractivity contribution in [1.29, 1.82) is 5.26 Å². The van der Waals surface area contributed by atoms with Crippen LogP contribution in [0.5, 0.6) is 0 Å². The van der Waals surface area contributed by atoms with E-state index < -0.39 is 0 Å². The number of aromatic nitrogens is 1. The molecule has 2 heterocycles. The molecule has 2 rings (SSSR count). The number of hydrazone groups is 1. The van der Waals surface area contributed by atoms with Gasteiger partial charge in [0.1, 0.15) is 23.2 Å². The number of hydrogen-bond acceptors (Lipinski definition) is 6. The van der Waals surface area contributed by atoms with Gasteiger partial charge in [-0.1, -0.05) is 0 Å². The Morgan fingerprint density at radius 1 is 1.48 bits per heavy atom. The fourth-order valence-electron chi connectivity index (χ4n) is 1.90. The standard InChI is InChI=1S/C15H16N4O2/c1-10-6-12(9-20-3)14(7-16)15(18-10)19-17-8-13-5-4-11(2)21-13/h4-6,8H,9H2,1-3H3,(H,18,19)/b17-8-. The number of furan rings is 1.